The summed E-state index contributed by atoms with van der Waals surface area (Å²) >= 11 is 0. The van der Waals surface area contributed by atoms with Crippen LogP contribution in [0, 0.1) is 19.8 Å². The summed E-state index contributed by atoms with van der Waals surface area (Å²) in [5.41, 5.74) is 6.96. The van der Waals surface area contributed by atoms with E-state index in [2.05, 4.69) is 52.0 Å². The fourth-order valence-corrected chi connectivity index (χ4v) is 7.82. The second-order valence-corrected chi connectivity index (χ2v) is 12.6. The predicted molar refractivity (Wildman–Crippen MR) is 141 cm³/mol. The van der Waals surface area contributed by atoms with Gasteiger partial charge in [-0.3, -0.25) is 0 Å². The average Bonchev–Trinajstić information content (AvgIpc) is 3.56. The molecule has 0 aliphatic heterocycles. The first-order valence-electron chi connectivity index (χ1n) is 13.9. The summed E-state index contributed by atoms with van der Waals surface area (Å²) in [7, 11) is 0. The Balaban J connectivity index is 1.70. The second-order valence-electron chi connectivity index (χ2n) is 12.6. The predicted octanol–water partition coefficient (Wildman–Crippen LogP) is 8.70. The zero-order chi connectivity index (χ0) is 24.1. The minimum absolute atomic E-state index is 0.0507. The van der Waals surface area contributed by atoms with Crippen molar-refractivity contribution in [3.63, 3.8) is 0 Å². The van der Waals surface area contributed by atoms with E-state index in [4.69, 9.17) is 0 Å². The molecule has 3 aliphatic rings. The van der Waals surface area contributed by atoms with E-state index in [9.17, 15) is 10.2 Å². The van der Waals surface area contributed by atoms with Crippen molar-refractivity contribution in [3.8, 4) is 11.5 Å². The van der Waals surface area contributed by atoms with Crippen LogP contribution in [0.5, 0.6) is 11.5 Å². The summed E-state index contributed by atoms with van der Waals surface area (Å²) in [5.74, 6) is 1.52. The van der Waals surface area contributed by atoms with Gasteiger partial charge in [-0.15, -0.1) is 0 Å². The normalized spacial score (nSPS) is 22.1. The van der Waals surface area contributed by atoms with Crippen LogP contribution in [0.25, 0.3) is 0 Å². The van der Waals surface area contributed by atoms with E-state index in [0.29, 0.717) is 17.4 Å². The number of phenols is 2. The molecule has 2 aromatic carbocycles. The van der Waals surface area contributed by atoms with Gasteiger partial charge in [0.25, 0.3) is 0 Å². The summed E-state index contributed by atoms with van der Waals surface area (Å²) in [6.45, 7) is 9.03. The number of aryl methyl sites for hydroxylation is 2. The Morgan fingerprint density at radius 3 is 1.41 bits per heavy atom. The van der Waals surface area contributed by atoms with Crippen LogP contribution in [0.2, 0.25) is 0 Å². The van der Waals surface area contributed by atoms with Gasteiger partial charge in [0.1, 0.15) is 11.5 Å². The third-order valence-electron chi connectivity index (χ3n) is 9.82. The molecule has 0 aromatic heterocycles. The Kier molecular flexibility index (Phi) is 6.23. The fraction of sp³-hybridized carbons (Fsp3) is 0.625. The largest absolute Gasteiger partial charge is 0.507 e. The molecule has 3 fully saturated rings. The Labute approximate surface area is 206 Å². The van der Waals surface area contributed by atoms with Crippen molar-refractivity contribution in [2.75, 3.05) is 0 Å². The van der Waals surface area contributed by atoms with Gasteiger partial charge in [-0.2, -0.15) is 0 Å². The summed E-state index contributed by atoms with van der Waals surface area (Å²) < 4.78 is 0. The number of rotatable bonds is 5. The molecule has 0 heterocycles. The molecule has 0 spiro atoms. The lowest BCUT2D eigenvalue weighted by Gasteiger charge is -2.33. The fourth-order valence-electron chi connectivity index (χ4n) is 7.82. The van der Waals surface area contributed by atoms with E-state index in [1.807, 2.05) is 0 Å². The van der Waals surface area contributed by atoms with Gasteiger partial charge in [0.15, 0.2) is 0 Å². The highest BCUT2D eigenvalue weighted by molar-refractivity contribution is 5.57. The van der Waals surface area contributed by atoms with E-state index in [1.165, 1.54) is 62.5 Å². The number of phenolic OH excluding ortho intramolecular Hbond substituents is 2. The van der Waals surface area contributed by atoms with Crippen molar-refractivity contribution in [2.24, 2.45) is 5.92 Å². The Bertz CT molecular complexity index is 970. The molecule has 0 amide bonds. The molecule has 0 bridgehead atoms. The third kappa shape index (κ3) is 4.06. The molecule has 184 valence electrons. The van der Waals surface area contributed by atoms with Crippen LogP contribution < -0.4 is 0 Å². The molecular formula is C32H44O2. The topological polar surface area (TPSA) is 40.5 Å². The van der Waals surface area contributed by atoms with E-state index in [1.54, 1.807) is 0 Å². The monoisotopic (exact) mass is 460 g/mol. The highest BCUT2D eigenvalue weighted by Crippen LogP contribution is 2.54. The van der Waals surface area contributed by atoms with Crippen molar-refractivity contribution >= 4 is 0 Å². The number of benzene rings is 2. The van der Waals surface area contributed by atoms with Gasteiger partial charge in [-0.05, 0) is 69.1 Å². The molecule has 3 aliphatic carbocycles. The molecule has 0 radical (unpaired) electrons. The molecule has 0 saturated heterocycles. The van der Waals surface area contributed by atoms with Gasteiger partial charge < -0.3 is 10.2 Å². The molecule has 0 unspecified atom stereocenters. The minimum Gasteiger partial charge on any atom is -0.507 e. The van der Waals surface area contributed by atoms with E-state index in [0.717, 1.165) is 47.9 Å². The Morgan fingerprint density at radius 2 is 1.03 bits per heavy atom. The van der Waals surface area contributed by atoms with Crippen molar-refractivity contribution in [3.05, 3.63) is 57.6 Å². The Hall–Kier alpha value is -1.96. The molecule has 3 saturated carbocycles. The van der Waals surface area contributed by atoms with E-state index >= 15 is 0 Å². The van der Waals surface area contributed by atoms with Crippen LogP contribution >= 0.6 is 0 Å². The highest BCUT2D eigenvalue weighted by atomic mass is 16.3. The maximum Gasteiger partial charge on any atom is 0.123 e. The van der Waals surface area contributed by atoms with Gasteiger partial charge in [0, 0.05) is 28.2 Å². The summed E-state index contributed by atoms with van der Waals surface area (Å²) in [5, 5.41) is 23.7. The first-order chi connectivity index (χ1) is 16.2. The third-order valence-corrected chi connectivity index (χ3v) is 9.82. The quantitative estimate of drug-likeness (QED) is 0.468. The minimum atomic E-state index is 0.0507. The average molecular weight is 461 g/mol. The van der Waals surface area contributed by atoms with Crippen LogP contribution in [0.4, 0.5) is 0 Å². The van der Waals surface area contributed by atoms with Gasteiger partial charge in [-0.25, -0.2) is 0 Å². The van der Waals surface area contributed by atoms with Crippen LogP contribution in [0.15, 0.2) is 24.3 Å². The van der Waals surface area contributed by atoms with Crippen molar-refractivity contribution in [1.82, 2.24) is 0 Å². The number of aromatic hydroxyl groups is 2. The maximum atomic E-state index is 11.8. The molecule has 2 heteroatoms. The molecule has 2 nitrogen and oxygen atoms in total. The maximum absolute atomic E-state index is 11.8. The number of hydrogen-bond acceptors (Lipinski definition) is 2. The smallest absolute Gasteiger partial charge is 0.123 e. The van der Waals surface area contributed by atoms with Crippen molar-refractivity contribution < 1.29 is 10.2 Å². The zero-order valence-electron chi connectivity index (χ0n) is 21.8. The van der Waals surface area contributed by atoms with Gasteiger partial charge in [-0.1, -0.05) is 87.8 Å². The van der Waals surface area contributed by atoms with Crippen LogP contribution in [0.1, 0.15) is 130 Å². The highest BCUT2D eigenvalue weighted by Gasteiger charge is 2.39. The first-order valence-corrected chi connectivity index (χ1v) is 13.9. The number of hydrogen-bond donors (Lipinski definition) is 2. The second kappa shape index (κ2) is 8.92. The lowest BCUT2D eigenvalue weighted by molar-refractivity contribution is 0.388. The molecule has 34 heavy (non-hydrogen) atoms. The summed E-state index contributed by atoms with van der Waals surface area (Å²) in [6.07, 6.45) is 14.4. The van der Waals surface area contributed by atoms with Crippen molar-refractivity contribution in [2.45, 2.75) is 121 Å². The summed E-state index contributed by atoms with van der Waals surface area (Å²) in [4.78, 5) is 0. The van der Waals surface area contributed by atoms with Crippen LogP contribution in [-0.4, -0.2) is 10.2 Å². The van der Waals surface area contributed by atoms with E-state index in [-0.39, 0.29) is 16.7 Å². The molecule has 0 atom stereocenters. The van der Waals surface area contributed by atoms with Gasteiger partial charge in [0.05, 0.1) is 0 Å². The van der Waals surface area contributed by atoms with Crippen molar-refractivity contribution in [1.29, 1.82) is 0 Å². The molecule has 2 aromatic rings. The van der Waals surface area contributed by atoms with Crippen LogP contribution in [-0.2, 0) is 10.8 Å². The lowest BCUT2D eigenvalue weighted by Crippen LogP contribution is -2.21. The zero-order valence-corrected chi connectivity index (χ0v) is 21.8. The Morgan fingerprint density at radius 1 is 0.647 bits per heavy atom. The summed E-state index contributed by atoms with van der Waals surface area (Å²) in [6, 6.07) is 8.91. The van der Waals surface area contributed by atoms with Crippen LogP contribution in [0.3, 0.4) is 0 Å². The van der Waals surface area contributed by atoms with E-state index < -0.39 is 0 Å². The standard InChI is InChI=1S/C32H44O2/c1-21-17-24(29(33)26(19-21)31(3)13-7-8-14-31)28(23-11-5-6-12-23)25-18-22(2)20-27(30(25)34)32(4)15-9-10-16-32/h17-20,23,28,33-34H,5-16H2,1-4H3. The molecule has 5 rings (SSSR count). The molecule has 2 N–H and O–H groups in total. The lowest BCUT2D eigenvalue weighted by atomic mass is 9.72. The first kappa shape index (κ1) is 23.8. The SMILES string of the molecule is Cc1cc(C(c2cc(C)cc(C3(C)CCCC3)c2O)C2CCCC2)c(O)c(C2(C)CCCC2)c1. The molecular weight excluding hydrogens is 416 g/mol. The van der Waals surface area contributed by atoms with Gasteiger partial charge >= 0.3 is 0 Å². The van der Waals surface area contributed by atoms with Gasteiger partial charge in [0.2, 0.25) is 0 Å².